The predicted molar refractivity (Wildman–Crippen MR) is 74.0 cm³/mol. The lowest BCUT2D eigenvalue weighted by molar-refractivity contribution is 0.187. The summed E-state index contributed by atoms with van der Waals surface area (Å²) in [6, 6.07) is 11.6. The number of nitrogens with zero attached hydrogens (tertiary/aromatic N) is 1. The van der Waals surface area contributed by atoms with E-state index in [2.05, 4.69) is 4.98 Å². The Labute approximate surface area is 111 Å². The van der Waals surface area contributed by atoms with Gasteiger partial charge in [0.15, 0.2) is 6.10 Å². The summed E-state index contributed by atoms with van der Waals surface area (Å²) >= 11 is 0. The molecule has 0 amide bonds. The number of furan rings is 1. The van der Waals surface area contributed by atoms with Crippen LogP contribution >= 0.6 is 0 Å². The smallest absolute Gasteiger partial charge is 0.153 e. The number of hydrogen-bond donors (Lipinski definition) is 1. The summed E-state index contributed by atoms with van der Waals surface area (Å²) in [5.74, 6) is 0.530. The average Bonchev–Trinajstić information content (AvgIpc) is 2.83. The van der Waals surface area contributed by atoms with Crippen molar-refractivity contribution in [3.63, 3.8) is 0 Å². The van der Waals surface area contributed by atoms with E-state index in [1.165, 1.54) is 0 Å². The SMILES string of the molecule is Cc1ccnc(C(O)c2cc3cccc(C)c3o2)c1. The van der Waals surface area contributed by atoms with Crippen molar-refractivity contribution in [3.8, 4) is 0 Å². The van der Waals surface area contributed by atoms with Crippen molar-refractivity contribution >= 4 is 11.0 Å². The van der Waals surface area contributed by atoms with Crippen molar-refractivity contribution < 1.29 is 9.52 Å². The molecule has 0 radical (unpaired) electrons. The van der Waals surface area contributed by atoms with E-state index in [0.29, 0.717) is 11.5 Å². The van der Waals surface area contributed by atoms with Crippen LogP contribution in [-0.4, -0.2) is 10.1 Å². The molecule has 2 heterocycles. The maximum absolute atomic E-state index is 10.4. The van der Waals surface area contributed by atoms with Crippen molar-refractivity contribution in [1.82, 2.24) is 4.98 Å². The molecule has 3 rings (SSSR count). The molecule has 3 heteroatoms. The summed E-state index contributed by atoms with van der Waals surface area (Å²) in [6.07, 6.45) is 0.869. The minimum atomic E-state index is -0.827. The van der Waals surface area contributed by atoms with E-state index in [0.717, 1.165) is 22.1 Å². The number of hydrogen-bond acceptors (Lipinski definition) is 3. The molecule has 0 bridgehead atoms. The predicted octanol–water partition coefficient (Wildman–Crippen LogP) is 3.53. The van der Waals surface area contributed by atoms with E-state index in [4.69, 9.17) is 4.42 Å². The maximum atomic E-state index is 10.4. The van der Waals surface area contributed by atoms with Crippen LogP contribution in [0.4, 0.5) is 0 Å². The second-order valence-electron chi connectivity index (χ2n) is 4.80. The molecule has 0 saturated heterocycles. The van der Waals surface area contributed by atoms with E-state index in [1.54, 1.807) is 6.20 Å². The average molecular weight is 253 g/mol. The highest BCUT2D eigenvalue weighted by Crippen LogP contribution is 2.29. The summed E-state index contributed by atoms with van der Waals surface area (Å²) in [4.78, 5) is 4.20. The van der Waals surface area contributed by atoms with E-state index in [1.807, 2.05) is 50.2 Å². The van der Waals surface area contributed by atoms with Crippen molar-refractivity contribution in [2.45, 2.75) is 20.0 Å². The van der Waals surface area contributed by atoms with Gasteiger partial charge in [0.2, 0.25) is 0 Å². The zero-order valence-electron chi connectivity index (χ0n) is 10.9. The highest BCUT2D eigenvalue weighted by molar-refractivity contribution is 5.81. The standard InChI is InChI=1S/C16H15NO2/c1-10-6-7-17-13(8-10)15(18)14-9-12-5-3-4-11(2)16(12)19-14/h3-9,15,18H,1-2H3. The summed E-state index contributed by atoms with van der Waals surface area (Å²) in [7, 11) is 0. The summed E-state index contributed by atoms with van der Waals surface area (Å²) in [5.41, 5.74) is 3.56. The molecule has 1 N–H and O–H groups in total. The lowest BCUT2D eigenvalue weighted by atomic mass is 10.1. The number of aliphatic hydroxyl groups is 1. The number of benzene rings is 1. The van der Waals surface area contributed by atoms with E-state index < -0.39 is 6.10 Å². The van der Waals surface area contributed by atoms with Gasteiger partial charge in [-0.05, 0) is 43.2 Å². The molecule has 0 aliphatic heterocycles. The molecule has 0 saturated carbocycles. The first kappa shape index (κ1) is 11.9. The molecule has 0 spiro atoms. The first-order valence-electron chi connectivity index (χ1n) is 6.25. The lowest BCUT2D eigenvalue weighted by Gasteiger charge is -2.07. The van der Waals surface area contributed by atoms with Gasteiger partial charge in [-0.25, -0.2) is 0 Å². The van der Waals surface area contributed by atoms with Gasteiger partial charge in [0, 0.05) is 11.6 Å². The summed E-state index contributed by atoms with van der Waals surface area (Å²) < 4.78 is 5.76. The second-order valence-corrected chi connectivity index (χ2v) is 4.80. The number of aryl methyl sites for hydroxylation is 2. The topological polar surface area (TPSA) is 46.3 Å². The van der Waals surface area contributed by atoms with Crippen molar-refractivity contribution in [2.24, 2.45) is 0 Å². The second kappa shape index (κ2) is 4.52. The van der Waals surface area contributed by atoms with Gasteiger partial charge in [-0.1, -0.05) is 18.2 Å². The van der Waals surface area contributed by atoms with Gasteiger partial charge in [0.05, 0.1) is 5.69 Å². The molecular formula is C16H15NO2. The highest BCUT2D eigenvalue weighted by Gasteiger charge is 2.17. The van der Waals surface area contributed by atoms with E-state index in [-0.39, 0.29) is 0 Å². The van der Waals surface area contributed by atoms with Gasteiger partial charge in [-0.15, -0.1) is 0 Å². The van der Waals surface area contributed by atoms with Crippen LogP contribution in [0.5, 0.6) is 0 Å². The molecule has 19 heavy (non-hydrogen) atoms. The Kier molecular flexibility index (Phi) is 2.84. The Bertz CT molecular complexity index is 730. The molecular weight excluding hydrogens is 238 g/mol. The molecule has 2 aromatic heterocycles. The molecule has 3 aromatic rings. The van der Waals surface area contributed by atoms with Gasteiger partial charge >= 0.3 is 0 Å². The monoisotopic (exact) mass is 253 g/mol. The zero-order valence-corrected chi connectivity index (χ0v) is 10.9. The number of rotatable bonds is 2. The minimum Gasteiger partial charge on any atom is -0.458 e. The van der Waals surface area contributed by atoms with Gasteiger partial charge < -0.3 is 9.52 Å². The Balaban J connectivity index is 2.06. The Hall–Kier alpha value is -2.13. The first-order valence-corrected chi connectivity index (χ1v) is 6.25. The number of para-hydroxylation sites is 1. The first-order chi connectivity index (χ1) is 9.15. The third-order valence-corrected chi connectivity index (χ3v) is 3.25. The fourth-order valence-electron chi connectivity index (χ4n) is 2.22. The zero-order chi connectivity index (χ0) is 13.4. The number of pyridine rings is 1. The molecule has 0 aliphatic rings. The van der Waals surface area contributed by atoms with Crippen LogP contribution in [0, 0.1) is 13.8 Å². The number of aliphatic hydroxyl groups excluding tert-OH is 1. The van der Waals surface area contributed by atoms with Gasteiger partial charge in [0.1, 0.15) is 11.3 Å². The van der Waals surface area contributed by atoms with Gasteiger partial charge in [-0.2, -0.15) is 0 Å². The normalized spacial score (nSPS) is 12.8. The molecule has 96 valence electrons. The highest BCUT2D eigenvalue weighted by atomic mass is 16.4. The van der Waals surface area contributed by atoms with Crippen molar-refractivity contribution in [2.75, 3.05) is 0 Å². The van der Waals surface area contributed by atoms with Gasteiger partial charge in [0.25, 0.3) is 0 Å². The van der Waals surface area contributed by atoms with E-state index >= 15 is 0 Å². The van der Waals surface area contributed by atoms with Gasteiger partial charge in [-0.3, -0.25) is 4.98 Å². The summed E-state index contributed by atoms with van der Waals surface area (Å²) in [6.45, 7) is 3.97. The van der Waals surface area contributed by atoms with Crippen LogP contribution in [0.3, 0.4) is 0 Å². The Morgan fingerprint density at radius 1 is 1.16 bits per heavy atom. The Morgan fingerprint density at radius 3 is 2.74 bits per heavy atom. The number of fused-ring (bicyclic) bond motifs is 1. The van der Waals surface area contributed by atoms with Crippen LogP contribution in [0.25, 0.3) is 11.0 Å². The molecule has 1 unspecified atom stereocenters. The quantitative estimate of drug-likeness (QED) is 0.760. The lowest BCUT2D eigenvalue weighted by Crippen LogP contribution is -2.00. The van der Waals surface area contributed by atoms with Crippen LogP contribution in [0.15, 0.2) is 47.0 Å². The summed E-state index contributed by atoms with van der Waals surface area (Å²) in [5, 5.41) is 11.4. The fourth-order valence-corrected chi connectivity index (χ4v) is 2.22. The molecule has 3 nitrogen and oxygen atoms in total. The van der Waals surface area contributed by atoms with Crippen LogP contribution < -0.4 is 0 Å². The largest absolute Gasteiger partial charge is 0.458 e. The minimum absolute atomic E-state index is 0.530. The molecule has 0 aliphatic carbocycles. The van der Waals surface area contributed by atoms with E-state index in [9.17, 15) is 5.11 Å². The molecule has 1 aromatic carbocycles. The third-order valence-electron chi connectivity index (χ3n) is 3.25. The van der Waals surface area contributed by atoms with Crippen LogP contribution in [0.2, 0.25) is 0 Å². The van der Waals surface area contributed by atoms with Crippen molar-refractivity contribution in [3.05, 3.63) is 65.2 Å². The van der Waals surface area contributed by atoms with Crippen LogP contribution in [0.1, 0.15) is 28.7 Å². The van der Waals surface area contributed by atoms with Crippen molar-refractivity contribution in [1.29, 1.82) is 0 Å². The third kappa shape index (κ3) is 2.13. The maximum Gasteiger partial charge on any atom is 0.153 e. The molecule has 1 atom stereocenters. The molecule has 0 fully saturated rings. The Morgan fingerprint density at radius 2 is 2.00 bits per heavy atom. The van der Waals surface area contributed by atoms with Crippen LogP contribution in [-0.2, 0) is 0 Å². The number of aromatic nitrogens is 1. The fraction of sp³-hybridized carbons (Fsp3) is 0.188.